The molecule has 0 bridgehead atoms. The van der Waals surface area contributed by atoms with Crippen LogP contribution in [0.2, 0.25) is 6.32 Å². The lowest BCUT2D eigenvalue weighted by Gasteiger charge is -2.43. The van der Waals surface area contributed by atoms with Gasteiger partial charge in [0, 0.05) is 32.2 Å². The predicted molar refractivity (Wildman–Crippen MR) is 105 cm³/mol. The van der Waals surface area contributed by atoms with E-state index in [4.69, 9.17) is 5.73 Å². The van der Waals surface area contributed by atoms with Gasteiger partial charge in [0.1, 0.15) is 7.85 Å². The predicted octanol–water partition coefficient (Wildman–Crippen LogP) is 1.88. The van der Waals surface area contributed by atoms with Crippen molar-refractivity contribution >= 4 is 7.85 Å². The molecule has 24 heavy (non-hydrogen) atoms. The van der Waals surface area contributed by atoms with Crippen molar-refractivity contribution in [2.24, 2.45) is 11.7 Å². The fraction of sp³-hybridized carbons (Fsp3) is 0.600. The second-order valence-electron chi connectivity index (χ2n) is 7.79. The van der Waals surface area contributed by atoms with E-state index in [0.29, 0.717) is 6.04 Å². The lowest BCUT2D eigenvalue weighted by molar-refractivity contribution is 0.0572. The fourth-order valence-electron chi connectivity index (χ4n) is 4.34. The van der Waals surface area contributed by atoms with Gasteiger partial charge >= 0.3 is 0 Å². The van der Waals surface area contributed by atoms with E-state index >= 15 is 0 Å². The summed E-state index contributed by atoms with van der Waals surface area (Å²) >= 11 is 0. The molecule has 3 nitrogen and oxygen atoms in total. The van der Waals surface area contributed by atoms with E-state index in [1.807, 2.05) is 0 Å². The van der Waals surface area contributed by atoms with Crippen molar-refractivity contribution in [1.82, 2.24) is 9.80 Å². The molecule has 2 aliphatic heterocycles. The highest BCUT2D eigenvalue weighted by Gasteiger charge is 2.36. The van der Waals surface area contributed by atoms with Gasteiger partial charge in [0.05, 0.1) is 5.82 Å². The van der Waals surface area contributed by atoms with E-state index in [2.05, 4.69) is 50.2 Å². The Morgan fingerprint density at radius 3 is 2.50 bits per heavy atom. The van der Waals surface area contributed by atoms with Crippen LogP contribution in [-0.2, 0) is 12.8 Å². The molecule has 4 heteroatoms. The fourth-order valence-corrected chi connectivity index (χ4v) is 4.34. The summed E-state index contributed by atoms with van der Waals surface area (Å²) in [5.41, 5.74) is 11.9. The second kappa shape index (κ2) is 7.22. The Balaban J connectivity index is 1.53. The number of likely N-dealkylation sites (tertiary alicyclic amines) is 2. The number of benzene rings is 1. The van der Waals surface area contributed by atoms with Gasteiger partial charge < -0.3 is 10.6 Å². The molecular formula is C20H32BN3. The molecule has 1 aromatic rings. The minimum Gasteiger partial charge on any atom is -0.386 e. The second-order valence-corrected chi connectivity index (χ2v) is 7.79. The molecule has 0 saturated carbocycles. The molecule has 2 N–H and O–H groups in total. The van der Waals surface area contributed by atoms with Gasteiger partial charge in [-0.15, -0.1) is 0 Å². The van der Waals surface area contributed by atoms with Gasteiger partial charge in [0.15, 0.2) is 0 Å². The van der Waals surface area contributed by atoms with Crippen molar-refractivity contribution in [1.29, 1.82) is 0 Å². The summed E-state index contributed by atoms with van der Waals surface area (Å²) in [6.07, 6.45) is 4.89. The van der Waals surface area contributed by atoms with Crippen LogP contribution in [0.3, 0.4) is 0 Å². The summed E-state index contributed by atoms with van der Waals surface area (Å²) in [5.74, 6) is 1.54. The summed E-state index contributed by atoms with van der Waals surface area (Å²) < 4.78 is 0. The largest absolute Gasteiger partial charge is 0.386 e. The molecule has 1 unspecified atom stereocenters. The van der Waals surface area contributed by atoms with Crippen LogP contribution in [0.5, 0.6) is 0 Å². The monoisotopic (exact) mass is 325 g/mol. The maximum atomic E-state index is 5.83. The normalized spacial score (nSPS) is 21.9. The molecule has 1 aromatic carbocycles. The van der Waals surface area contributed by atoms with Crippen molar-refractivity contribution < 1.29 is 0 Å². The third-order valence-corrected chi connectivity index (χ3v) is 6.11. The number of rotatable bonds is 6. The van der Waals surface area contributed by atoms with E-state index < -0.39 is 0 Å². The van der Waals surface area contributed by atoms with E-state index in [-0.39, 0.29) is 0 Å². The molecule has 0 amide bonds. The van der Waals surface area contributed by atoms with Crippen LogP contribution in [-0.4, -0.2) is 49.9 Å². The molecular weight excluding hydrogens is 293 g/mol. The van der Waals surface area contributed by atoms with Crippen molar-refractivity contribution in [2.45, 2.75) is 45.5 Å². The highest BCUT2D eigenvalue weighted by Crippen LogP contribution is 2.29. The van der Waals surface area contributed by atoms with Crippen LogP contribution < -0.4 is 5.73 Å². The average molecular weight is 325 g/mol. The summed E-state index contributed by atoms with van der Waals surface area (Å²) in [6.45, 7) is 13.1. The smallest absolute Gasteiger partial charge is 0.101 e. The molecule has 0 spiro atoms. The van der Waals surface area contributed by atoms with Crippen LogP contribution in [0, 0.1) is 19.8 Å². The zero-order valence-corrected chi connectivity index (χ0v) is 15.6. The summed E-state index contributed by atoms with van der Waals surface area (Å²) in [7, 11) is 2.26. The van der Waals surface area contributed by atoms with Gasteiger partial charge in [0.2, 0.25) is 0 Å². The van der Waals surface area contributed by atoms with Crippen LogP contribution in [0.1, 0.15) is 28.7 Å². The van der Waals surface area contributed by atoms with Crippen LogP contribution in [0.25, 0.3) is 0 Å². The van der Waals surface area contributed by atoms with Crippen LogP contribution in [0.4, 0.5) is 0 Å². The molecule has 2 heterocycles. The molecule has 130 valence electrons. The average Bonchev–Trinajstić information content (AvgIpc) is 2.99. The standard InChI is InChI=1S/C20H32BN3/c1-14-15(2)19(5-4-18(14)6-8-21)10-17-11-24(12-17)20-7-9-23(13-20)16(3)22/h4-5,17,20H,3,6-13,21-22H2,1-2H3. The van der Waals surface area contributed by atoms with E-state index in [1.165, 1.54) is 55.4 Å². The van der Waals surface area contributed by atoms with Gasteiger partial charge in [-0.05, 0) is 61.3 Å². The quantitative estimate of drug-likeness (QED) is 0.811. The molecule has 1 atom stereocenters. The molecule has 3 rings (SSSR count). The Morgan fingerprint density at radius 2 is 1.88 bits per heavy atom. The Bertz CT molecular complexity index is 607. The first-order chi connectivity index (χ1) is 11.5. The highest BCUT2D eigenvalue weighted by atomic mass is 15.3. The summed E-state index contributed by atoms with van der Waals surface area (Å²) in [5, 5.41) is 0. The first-order valence-electron chi connectivity index (χ1n) is 9.51. The topological polar surface area (TPSA) is 32.5 Å². The lowest BCUT2D eigenvalue weighted by atomic mass is 9.85. The van der Waals surface area contributed by atoms with Crippen molar-refractivity contribution in [3.63, 3.8) is 0 Å². The van der Waals surface area contributed by atoms with Gasteiger partial charge in [-0.3, -0.25) is 4.90 Å². The van der Waals surface area contributed by atoms with Crippen molar-refractivity contribution in [3.8, 4) is 0 Å². The van der Waals surface area contributed by atoms with Gasteiger partial charge in [-0.1, -0.05) is 25.0 Å². The first kappa shape index (κ1) is 17.4. The Hall–Kier alpha value is -1.42. The lowest BCUT2D eigenvalue weighted by Crippen LogP contribution is -2.53. The number of hydrogen-bond donors (Lipinski definition) is 1. The molecule has 2 aliphatic rings. The maximum absolute atomic E-state index is 5.83. The minimum absolute atomic E-state index is 0.677. The van der Waals surface area contributed by atoms with Crippen LogP contribution >= 0.6 is 0 Å². The Morgan fingerprint density at radius 1 is 1.21 bits per heavy atom. The van der Waals surface area contributed by atoms with Crippen molar-refractivity contribution in [2.75, 3.05) is 26.2 Å². The third-order valence-electron chi connectivity index (χ3n) is 6.11. The minimum atomic E-state index is 0.677. The number of aryl methyl sites for hydroxylation is 1. The van der Waals surface area contributed by atoms with E-state index in [0.717, 1.165) is 24.8 Å². The van der Waals surface area contributed by atoms with E-state index in [1.54, 1.807) is 5.56 Å². The molecule has 0 radical (unpaired) electrons. The SMILES string of the molecule is BCCc1ccc(CC2CN(C3CCN(C(=C)N)C3)C2)c(C)c1C. The van der Waals surface area contributed by atoms with Gasteiger partial charge in [0.25, 0.3) is 0 Å². The summed E-state index contributed by atoms with van der Waals surface area (Å²) in [4.78, 5) is 4.86. The number of nitrogens with zero attached hydrogens (tertiary/aromatic N) is 2. The third kappa shape index (κ3) is 3.49. The van der Waals surface area contributed by atoms with Gasteiger partial charge in [-0.25, -0.2) is 0 Å². The molecule has 2 fully saturated rings. The molecule has 0 aliphatic carbocycles. The van der Waals surface area contributed by atoms with Gasteiger partial charge in [-0.2, -0.15) is 0 Å². The molecule has 2 saturated heterocycles. The molecule has 0 aromatic heterocycles. The zero-order valence-electron chi connectivity index (χ0n) is 15.6. The number of hydrogen-bond acceptors (Lipinski definition) is 3. The maximum Gasteiger partial charge on any atom is 0.101 e. The zero-order chi connectivity index (χ0) is 17.3. The highest BCUT2D eigenvalue weighted by molar-refractivity contribution is 6.08. The summed E-state index contributed by atoms with van der Waals surface area (Å²) in [6, 6.07) is 5.42. The van der Waals surface area contributed by atoms with Crippen LogP contribution in [0.15, 0.2) is 24.5 Å². The van der Waals surface area contributed by atoms with Crippen molar-refractivity contribution in [3.05, 3.63) is 46.8 Å². The van der Waals surface area contributed by atoms with E-state index in [9.17, 15) is 0 Å². The Labute approximate surface area is 148 Å². The Kier molecular flexibility index (Phi) is 5.24. The number of nitrogens with two attached hydrogens (primary N) is 1. The first-order valence-corrected chi connectivity index (χ1v) is 9.51.